The van der Waals surface area contributed by atoms with Gasteiger partial charge in [0.1, 0.15) is 0 Å². The van der Waals surface area contributed by atoms with Crippen molar-refractivity contribution in [2.45, 2.75) is 11.3 Å². The fourth-order valence-electron chi connectivity index (χ4n) is 2.87. The Balaban J connectivity index is 1.81. The molecular formula is C22H19BrCl2N2O3S. The maximum Gasteiger partial charge on any atom is 0.243 e. The number of rotatable bonds is 8. The van der Waals surface area contributed by atoms with Gasteiger partial charge in [-0.25, -0.2) is 8.42 Å². The van der Waals surface area contributed by atoms with Gasteiger partial charge in [-0.15, -0.1) is 0 Å². The predicted octanol–water partition coefficient (Wildman–Crippen LogP) is 5.63. The molecule has 0 aromatic heterocycles. The number of hydrogen-bond acceptors (Lipinski definition) is 3. The second-order valence-corrected chi connectivity index (χ2v) is 10.4. The Morgan fingerprint density at radius 2 is 1.61 bits per heavy atom. The highest BCUT2D eigenvalue weighted by atomic mass is 79.9. The van der Waals surface area contributed by atoms with Crippen LogP contribution in [0.2, 0.25) is 10.0 Å². The maximum absolute atomic E-state index is 13.2. The van der Waals surface area contributed by atoms with Gasteiger partial charge in [0.05, 0.1) is 21.5 Å². The van der Waals surface area contributed by atoms with Crippen molar-refractivity contribution >= 4 is 60.7 Å². The summed E-state index contributed by atoms with van der Waals surface area (Å²) in [5, 5.41) is 3.33. The van der Waals surface area contributed by atoms with E-state index in [0.29, 0.717) is 22.2 Å². The van der Waals surface area contributed by atoms with E-state index in [-0.39, 0.29) is 18.0 Å². The molecule has 3 rings (SSSR count). The van der Waals surface area contributed by atoms with Gasteiger partial charge in [-0.2, -0.15) is 4.31 Å². The van der Waals surface area contributed by atoms with Gasteiger partial charge in [0.2, 0.25) is 15.9 Å². The third kappa shape index (κ3) is 6.54. The van der Waals surface area contributed by atoms with E-state index in [0.717, 1.165) is 10.0 Å². The van der Waals surface area contributed by atoms with Crippen LogP contribution in [0, 0.1) is 0 Å². The molecule has 0 bridgehead atoms. The number of nitrogens with zero attached hydrogens (tertiary/aromatic N) is 1. The Bertz CT molecular complexity index is 1160. The molecule has 0 fully saturated rings. The van der Waals surface area contributed by atoms with E-state index >= 15 is 0 Å². The molecule has 1 amide bonds. The molecule has 1 N–H and O–H groups in total. The number of halogens is 3. The van der Waals surface area contributed by atoms with E-state index in [2.05, 4.69) is 21.2 Å². The molecule has 0 saturated heterocycles. The van der Waals surface area contributed by atoms with Crippen LogP contribution in [-0.4, -0.2) is 31.7 Å². The van der Waals surface area contributed by atoms with Crippen molar-refractivity contribution in [3.63, 3.8) is 0 Å². The van der Waals surface area contributed by atoms with Gasteiger partial charge in [0.25, 0.3) is 0 Å². The van der Waals surface area contributed by atoms with Crippen LogP contribution in [-0.2, 0) is 21.2 Å². The number of hydrogen-bond donors (Lipinski definition) is 1. The fraction of sp³-hybridized carbons (Fsp3) is 0.136. The lowest BCUT2D eigenvalue weighted by atomic mass is 10.1. The summed E-state index contributed by atoms with van der Waals surface area (Å²) in [6.07, 6.45) is 0.469. The molecule has 3 aromatic carbocycles. The quantitative estimate of drug-likeness (QED) is 0.402. The first-order chi connectivity index (χ1) is 14.8. The summed E-state index contributed by atoms with van der Waals surface area (Å²) < 4.78 is 28.4. The van der Waals surface area contributed by atoms with Gasteiger partial charge in [0.15, 0.2) is 0 Å². The third-order valence-corrected chi connectivity index (χ3v) is 7.59. The predicted molar refractivity (Wildman–Crippen MR) is 128 cm³/mol. The number of sulfonamides is 1. The van der Waals surface area contributed by atoms with Gasteiger partial charge in [-0.3, -0.25) is 4.79 Å². The lowest BCUT2D eigenvalue weighted by Gasteiger charge is -2.22. The van der Waals surface area contributed by atoms with Crippen LogP contribution in [0.5, 0.6) is 0 Å². The lowest BCUT2D eigenvalue weighted by molar-refractivity contribution is -0.116. The molecule has 3 aromatic rings. The standard InChI is InChI=1S/C22H19BrCl2N2O3S/c23-17-6-9-19(10-7-17)31(29,30)27(13-12-16-4-2-1-3-5-16)15-22(28)26-18-8-11-20(24)21(25)14-18/h1-11,14H,12-13,15H2,(H,26,28). The zero-order valence-corrected chi connectivity index (χ0v) is 20.2. The molecule has 0 unspecified atom stereocenters. The topological polar surface area (TPSA) is 66.5 Å². The summed E-state index contributed by atoms with van der Waals surface area (Å²) in [4.78, 5) is 12.8. The van der Waals surface area contributed by atoms with Gasteiger partial charge >= 0.3 is 0 Å². The Hall–Kier alpha value is -1.90. The highest BCUT2D eigenvalue weighted by Crippen LogP contribution is 2.25. The first-order valence-corrected chi connectivity index (χ1v) is 12.3. The molecule has 0 heterocycles. The smallest absolute Gasteiger partial charge is 0.243 e. The summed E-state index contributed by atoms with van der Waals surface area (Å²) >= 11 is 15.2. The van der Waals surface area contributed by atoms with Crippen LogP contribution in [0.4, 0.5) is 5.69 Å². The normalized spacial score (nSPS) is 11.5. The number of anilines is 1. The van der Waals surface area contributed by atoms with E-state index < -0.39 is 15.9 Å². The summed E-state index contributed by atoms with van der Waals surface area (Å²) in [5.41, 5.74) is 1.41. The Morgan fingerprint density at radius 1 is 0.935 bits per heavy atom. The number of carbonyl (C=O) groups excluding carboxylic acids is 1. The number of carbonyl (C=O) groups is 1. The van der Waals surface area contributed by atoms with Crippen LogP contribution in [0.15, 0.2) is 82.2 Å². The summed E-state index contributed by atoms with van der Waals surface area (Å²) in [5.74, 6) is -0.480. The van der Waals surface area contributed by atoms with Crippen molar-refractivity contribution in [3.05, 3.63) is 92.9 Å². The van der Waals surface area contributed by atoms with Crippen molar-refractivity contribution in [2.24, 2.45) is 0 Å². The average molecular weight is 542 g/mol. The van der Waals surface area contributed by atoms with Crippen LogP contribution >= 0.6 is 39.1 Å². The highest BCUT2D eigenvalue weighted by molar-refractivity contribution is 9.10. The largest absolute Gasteiger partial charge is 0.325 e. The zero-order valence-electron chi connectivity index (χ0n) is 16.3. The molecule has 0 atom stereocenters. The molecule has 5 nitrogen and oxygen atoms in total. The molecule has 0 aliphatic heterocycles. The molecule has 0 saturated carbocycles. The van der Waals surface area contributed by atoms with Gasteiger partial charge < -0.3 is 5.32 Å². The highest BCUT2D eigenvalue weighted by Gasteiger charge is 2.26. The van der Waals surface area contributed by atoms with Crippen molar-refractivity contribution in [3.8, 4) is 0 Å². The molecular weight excluding hydrogens is 523 g/mol. The summed E-state index contributed by atoms with van der Waals surface area (Å²) in [6, 6.07) is 20.5. The number of nitrogens with one attached hydrogen (secondary N) is 1. The fourth-order valence-corrected chi connectivity index (χ4v) is 4.83. The first-order valence-electron chi connectivity index (χ1n) is 9.30. The number of benzene rings is 3. The van der Waals surface area contributed by atoms with Gasteiger partial charge in [-0.1, -0.05) is 69.5 Å². The molecule has 0 radical (unpaired) electrons. The second-order valence-electron chi connectivity index (χ2n) is 6.71. The molecule has 0 aliphatic carbocycles. The Kier molecular flexibility index (Phi) is 8.13. The third-order valence-electron chi connectivity index (χ3n) is 4.47. The molecule has 9 heteroatoms. The first kappa shape index (κ1) is 23.8. The van der Waals surface area contributed by atoms with Crippen LogP contribution in [0.1, 0.15) is 5.56 Å². The molecule has 0 spiro atoms. The van der Waals surface area contributed by atoms with E-state index in [1.807, 2.05) is 30.3 Å². The van der Waals surface area contributed by atoms with Gasteiger partial charge in [-0.05, 0) is 54.4 Å². The minimum absolute atomic E-state index is 0.117. The van der Waals surface area contributed by atoms with Gasteiger partial charge in [0, 0.05) is 16.7 Å². The summed E-state index contributed by atoms with van der Waals surface area (Å²) in [6.45, 7) is -0.192. The SMILES string of the molecule is O=C(CN(CCc1ccccc1)S(=O)(=O)c1ccc(Br)cc1)Nc1ccc(Cl)c(Cl)c1. The minimum Gasteiger partial charge on any atom is -0.325 e. The van der Waals surface area contributed by atoms with Crippen LogP contribution in [0.25, 0.3) is 0 Å². The second kappa shape index (κ2) is 10.6. The van der Waals surface area contributed by atoms with Crippen molar-refractivity contribution < 1.29 is 13.2 Å². The van der Waals surface area contributed by atoms with Crippen molar-refractivity contribution in [1.82, 2.24) is 4.31 Å². The molecule has 162 valence electrons. The van der Waals surface area contributed by atoms with E-state index in [1.165, 1.54) is 22.5 Å². The zero-order chi connectivity index (χ0) is 22.4. The number of amides is 1. The van der Waals surface area contributed by atoms with E-state index in [1.54, 1.807) is 24.3 Å². The Labute approximate surface area is 200 Å². The van der Waals surface area contributed by atoms with Crippen molar-refractivity contribution in [2.75, 3.05) is 18.4 Å². The Morgan fingerprint density at radius 3 is 2.26 bits per heavy atom. The van der Waals surface area contributed by atoms with E-state index in [9.17, 15) is 13.2 Å². The monoisotopic (exact) mass is 540 g/mol. The summed E-state index contributed by atoms with van der Waals surface area (Å²) in [7, 11) is -3.89. The lowest BCUT2D eigenvalue weighted by Crippen LogP contribution is -2.39. The van der Waals surface area contributed by atoms with Crippen LogP contribution in [0.3, 0.4) is 0 Å². The minimum atomic E-state index is -3.89. The maximum atomic E-state index is 13.2. The average Bonchev–Trinajstić information content (AvgIpc) is 2.74. The molecule has 0 aliphatic rings. The van der Waals surface area contributed by atoms with E-state index in [4.69, 9.17) is 23.2 Å². The molecule has 31 heavy (non-hydrogen) atoms. The van der Waals surface area contributed by atoms with Crippen LogP contribution < -0.4 is 5.32 Å². The van der Waals surface area contributed by atoms with Crippen molar-refractivity contribution in [1.29, 1.82) is 0 Å².